The van der Waals surface area contributed by atoms with Crippen LogP contribution in [0.3, 0.4) is 0 Å². The van der Waals surface area contributed by atoms with Crippen LogP contribution in [0.15, 0.2) is 30.3 Å². The predicted molar refractivity (Wildman–Crippen MR) is 75.4 cm³/mol. The van der Waals surface area contributed by atoms with Crippen LogP contribution >= 0.6 is 0 Å². The molecule has 0 spiro atoms. The van der Waals surface area contributed by atoms with Crippen LogP contribution < -0.4 is 0 Å². The molecule has 0 amide bonds. The molecule has 1 aromatic rings. The summed E-state index contributed by atoms with van der Waals surface area (Å²) in [7, 11) is -3.88. The molecule has 1 aliphatic rings. The molecule has 19 heavy (non-hydrogen) atoms. The lowest BCUT2D eigenvalue weighted by atomic mass is 9.88. The maximum atomic E-state index is 11.0. The summed E-state index contributed by atoms with van der Waals surface area (Å²) in [6.07, 6.45) is 0.979. The number of likely N-dealkylation sites (tertiary alicyclic amines) is 1. The summed E-state index contributed by atoms with van der Waals surface area (Å²) in [5, 5.41) is 0. The molecular formula is C14H21NO3S. The van der Waals surface area contributed by atoms with Crippen molar-refractivity contribution in [1.82, 2.24) is 4.90 Å². The van der Waals surface area contributed by atoms with E-state index in [0.717, 1.165) is 26.1 Å². The van der Waals surface area contributed by atoms with Crippen LogP contribution in [0.2, 0.25) is 0 Å². The van der Waals surface area contributed by atoms with Crippen LogP contribution in [-0.4, -0.2) is 36.7 Å². The summed E-state index contributed by atoms with van der Waals surface area (Å²) < 4.78 is 31.1. The van der Waals surface area contributed by atoms with Crippen molar-refractivity contribution < 1.29 is 13.0 Å². The van der Waals surface area contributed by atoms with E-state index in [0.29, 0.717) is 5.92 Å². The van der Waals surface area contributed by atoms with Crippen molar-refractivity contribution in [2.24, 2.45) is 11.8 Å². The highest BCUT2D eigenvalue weighted by Crippen LogP contribution is 2.25. The molecule has 0 aromatic heterocycles. The molecular weight excluding hydrogens is 262 g/mol. The normalized spacial score (nSPS) is 25.4. The van der Waals surface area contributed by atoms with Gasteiger partial charge in [0.05, 0.1) is 5.75 Å². The third kappa shape index (κ3) is 4.60. The zero-order valence-electron chi connectivity index (χ0n) is 11.2. The van der Waals surface area contributed by atoms with E-state index in [2.05, 4.69) is 24.0 Å². The van der Waals surface area contributed by atoms with Gasteiger partial charge in [-0.25, -0.2) is 0 Å². The van der Waals surface area contributed by atoms with Crippen LogP contribution in [0, 0.1) is 11.8 Å². The van der Waals surface area contributed by atoms with Crippen molar-refractivity contribution in [1.29, 1.82) is 0 Å². The van der Waals surface area contributed by atoms with Crippen molar-refractivity contribution in [3.05, 3.63) is 35.9 Å². The first kappa shape index (κ1) is 14.5. The Morgan fingerprint density at radius 2 is 2.00 bits per heavy atom. The number of benzene rings is 1. The third-order valence-corrected chi connectivity index (χ3v) is 4.72. The van der Waals surface area contributed by atoms with Gasteiger partial charge in [-0.15, -0.1) is 0 Å². The maximum absolute atomic E-state index is 11.0. The van der Waals surface area contributed by atoms with Gasteiger partial charge in [0.15, 0.2) is 0 Å². The van der Waals surface area contributed by atoms with Crippen molar-refractivity contribution in [2.75, 3.05) is 18.8 Å². The zero-order valence-corrected chi connectivity index (χ0v) is 12.0. The molecule has 0 aliphatic carbocycles. The van der Waals surface area contributed by atoms with Gasteiger partial charge in [0, 0.05) is 13.1 Å². The molecule has 2 atom stereocenters. The van der Waals surface area contributed by atoms with Crippen LogP contribution in [-0.2, 0) is 16.7 Å². The molecule has 5 heteroatoms. The standard InChI is InChI=1S/C14H21NO3S/c1-12-7-8-15(9-13-5-3-2-4-6-13)10-14(12)11-19(16,17)18/h2-6,12,14H,7-11H2,1H3,(H,16,17,18). The highest BCUT2D eigenvalue weighted by atomic mass is 32.2. The lowest BCUT2D eigenvalue weighted by Gasteiger charge is -2.36. The molecule has 1 aromatic carbocycles. The van der Waals surface area contributed by atoms with Gasteiger partial charge in [-0.05, 0) is 30.4 Å². The molecule has 1 fully saturated rings. The molecule has 1 saturated heterocycles. The van der Waals surface area contributed by atoms with Crippen LogP contribution in [0.1, 0.15) is 18.9 Å². The molecule has 0 bridgehead atoms. The molecule has 4 nitrogen and oxygen atoms in total. The monoisotopic (exact) mass is 283 g/mol. The van der Waals surface area contributed by atoms with Gasteiger partial charge >= 0.3 is 0 Å². The first-order valence-corrected chi connectivity index (χ1v) is 8.26. The number of hydrogen-bond donors (Lipinski definition) is 1. The maximum Gasteiger partial charge on any atom is 0.265 e. The minimum atomic E-state index is -3.88. The Morgan fingerprint density at radius 1 is 1.32 bits per heavy atom. The Labute approximate surface area is 115 Å². The van der Waals surface area contributed by atoms with E-state index in [1.807, 2.05) is 18.2 Å². The van der Waals surface area contributed by atoms with Gasteiger partial charge in [-0.3, -0.25) is 9.45 Å². The van der Waals surface area contributed by atoms with Crippen molar-refractivity contribution >= 4 is 10.1 Å². The minimum Gasteiger partial charge on any atom is -0.299 e. The van der Waals surface area contributed by atoms with Crippen molar-refractivity contribution in [3.63, 3.8) is 0 Å². The summed E-state index contributed by atoms with van der Waals surface area (Å²) in [6, 6.07) is 10.2. The van der Waals surface area contributed by atoms with E-state index in [1.54, 1.807) is 0 Å². The highest BCUT2D eigenvalue weighted by Gasteiger charge is 2.29. The van der Waals surface area contributed by atoms with E-state index in [1.165, 1.54) is 5.56 Å². The Bertz CT molecular complexity index is 501. The molecule has 1 aliphatic heterocycles. The fraction of sp³-hybridized carbons (Fsp3) is 0.571. The number of hydrogen-bond acceptors (Lipinski definition) is 3. The number of piperidine rings is 1. The van der Waals surface area contributed by atoms with Crippen LogP contribution in [0.5, 0.6) is 0 Å². The lowest BCUT2D eigenvalue weighted by Crippen LogP contribution is -2.41. The number of rotatable bonds is 4. The van der Waals surface area contributed by atoms with Gasteiger partial charge in [0.1, 0.15) is 0 Å². The van der Waals surface area contributed by atoms with E-state index < -0.39 is 10.1 Å². The third-order valence-electron chi connectivity index (χ3n) is 3.87. The summed E-state index contributed by atoms with van der Waals surface area (Å²) in [4.78, 5) is 2.27. The van der Waals surface area contributed by atoms with Gasteiger partial charge in [0.25, 0.3) is 10.1 Å². The van der Waals surface area contributed by atoms with Crippen molar-refractivity contribution in [2.45, 2.75) is 19.9 Å². The highest BCUT2D eigenvalue weighted by molar-refractivity contribution is 7.85. The Hall–Kier alpha value is -0.910. The van der Waals surface area contributed by atoms with Gasteiger partial charge < -0.3 is 0 Å². The summed E-state index contributed by atoms with van der Waals surface area (Å²) in [6.45, 7) is 4.62. The van der Waals surface area contributed by atoms with E-state index >= 15 is 0 Å². The molecule has 1 heterocycles. The average molecular weight is 283 g/mol. The smallest absolute Gasteiger partial charge is 0.265 e. The van der Waals surface area contributed by atoms with E-state index in [-0.39, 0.29) is 11.7 Å². The summed E-state index contributed by atoms with van der Waals surface area (Å²) in [5.74, 6) is 0.237. The lowest BCUT2D eigenvalue weighted by molar-refractivity contribution is 0.132. The Morgan fingerprint density at radius 3 is 2.63 bits per heavy atom. The SMILES string of the molecule is CC1CCN(Cc2ccccc2)CC1CS(=O)(=O)O. The molecule has 0 saturated carbocycles. The van der Waals surface area contributed by atoms with Gasteiger partial charge in [-0.1, -0.05) is 37.3 Å². The summed E-state index contributed by atoms with van der Waals surface area (Å²) in [5.41, 5.74) is 1.24. The Balaban J connectivity index is 1.97. The summed E-state index contributed by atoms with van der Waals surface area (Å²) >= 11 is 0. The van der Waals surface area contributed by atoms with Crippen LogP contribution in [0.4, 0.5) is 0 Å². The van der Waals surface area contributed by atoms with Crippen molar-refractivity contribution in [3.8, 4) is 0 Å². The van der Waals surface area contributed by atoms with Gasteiger partial charge in [-0.2, -0.15) is 8.42 Å². The number of nitrogens with zero attached hydrogens (tertiary/aromatic N) is 1. The van der Waals surface area contributed by atoms with Crippen LogP contribution in [0.25, 0.3) is 0 Å². The second-order valence-electron chi connectivity index (χ2n) is 5.50. The Kier molecular flexibility index (Phi) is 4.60. The zero-order chi connectivity index (χ0) is 13.9. The average Bonchev–Trinajstić information content (AvgIpc) is 2.33. The van der Waals surface area contributed by atoms with Gasteiger partial charge in [0.2, 0.25) is 0 Å². The fourth-order valence-electron chi connectivity index (χ4n) is 2.70. The fourth-order valence-corrected chi connectivity index (χ4v) is 3.67. The second kappa shape index (κ2) is 6.03. The molecule has 0 radical (unpaired) electrons. The first-order valence-electron chi connectivity index (χ1n) is 6.65. The predicted octanol–water partition coefficient (Wildman–Crippen LogP) is 2.03. The molecule has 106 valence electrons. The molecule has 2 rings (SSSR count). The minimum absolute atomic E-state index is 0.0208. The molecule has 2 unspecified atom stereocenters. The largest absolute Gasteiger partial charge is 0.299 e. The first-order chi connectivity index (χ1) is 8.94. The topological polar surface area (TPSA) is 57.6 Å². The molecule has 1 N–H and O–H groups in total. The van der Waals surface area contributed by atoms with E-state index in [4.69, 9.17) is 4.55 Å². The second-order valence-corrected chi connectivity index (χ2v) is 6.99. The quantitative estimate of drug-likeness (QED) is 0.859. The van der Waals surface area contributed by atoms with E-state index in [9.17, 15) is 8.42 Å².